The Morgan fingerprint density at radius 3 is 2.26 bits per heavy atom. The Bertz CT molecular complexity index is 850. The van der Waals surface area contributed by atoms with E-state index in [0.717, 1.165) is 41.2 Å². The minimum atomic E-state index is 0.144. The number of carbonyl (C=O) groups excluding carboxylic acids is 1. The van der Waals surface area contributed by atoms with Crippen LogP contribution < -0.4 is 4.90 Å². The van der Waals surface area contributed by atoms with Crippen LogP contribution in [-0.2, 0) is 0 Å². The number of anilines is 1. The number of halogens is 1. The molecule has 2 aliphatic carbocycles. The molecule has 5 heteroatoms. The van der Waals surface area contributed by atoms with Crippen molar-refractivity contribution in [2.45, 2.75) is 37.5 Å². The van der Waals surface area contributed by atoms with E-state index in [1.54, 1.807) is 0 Å². The average Bonchev–Trinajstić information content (AvgIpc) is 3.60. The van der Waals surface area contributed by atoms with Gasteiger partial charge >= 0.3 is 0 Å². The van der Waals surface area contributed by atoms with Crippen molar-refractivity contribution in [3.63, 3.8) is 0 Å². The quantitative estimate of drug-likeness (QED) is 0.618. The van der Waals surface area contributed by atoms with E-state index in [0.29, 0.717) is 5.92 Å². The molecule has 2 heterocycles. The largest absolute Gasteiger partial charge is 0.353 e. The van der Waals surface area contributed by atoms with Crippen molar-refractivity contribution in [1.29, 1.82) is 0 Å². The molecule has 2 aromatic rings. The molecule has 3 fully saturated rings. The van der Waals surface area contributed by atoms with Crippen LogP contribution in [0.1, 0.15) is 59.0 Å². The number of aromatic nitrogens is 1. The molecule has 0 N–H and O–H groups in total. The Balaban J connectivity index is 1.29. The van der Waals surface area contributed by atoms with Crippen LogP contribution in [0.2, 0.25) is 0 Å². The molecule has 140 valence electrons. The molecule has 0 radical (unpaired) electrons. The number of rotatable bonds is 4. The zero-order valence-electron chi connectivity index (χ0n) is 15.4. The summed E-state index contributed by atoms with van der Waals surface area (Å²) < 4.78 is 1.15. The zero-order chi connectivity index (χ0) is 18.4. The molecule has 3 aliphatic rings. The van der Waals surface area contributed by atoms with Gasteiger partial charge in [-0.25, -0.2) is 4.98 Å². The van der Waals surface area contributed by atoms with Gasteiger partial charge in [0.2, 0.25) is 0 Å². The fourth-order valence-electron chi connectivity index (χ4n) is 3.99. The standard InChI is InChI=1S/C22H24IN3O/c23-19-7-5-17(6-8-19)22(27)26-11-9-25(10-12-26)21-20(16-3-4-16)13-18(14-24-21)15-1-2-15/h5-8,13-16H,1-4,9-12H2. The van der Waals surface area contributed by atoms with E-state index in [-0.39, 0.29) is 5.91 Å². The minimum absolute atomic E-state index is 0.144. The van der Waals surface area contributed by atoms with Crippen LogP contribution in [0.3, 0.4) is 0 Å². The van der Waals surface area contributed by atoms with Crippen molar-refractivity contribution < 1.29 is 4.79 Å². The number of benzene rings is 1. The van der Waals surface area contributed by atoms with Crippen molar-refractivity contribution in [3.8, 4) is 0 Å². The van der Waals surface area contributed by atoms with Crippen LogP contribution >= 0.6 is 22.6 Å². The molecular weight excluding hydrogens is 449 g/mol. The number of pyridine rings is 1. The van der Waals surface area contributed by atoms with Gasteiger partial charge in [-0.3, -0.25) is 4.79 Å². The Labute approximate surface area is 174 Å². The van der Waals surface area contributed by atoms with Gasteiger partial charge in [0.25, 0.3) is 5.91 Å². The first-order valence-electron chi connectivity index (χ1n) is 9.98. The van der Waals surface area contributed by atoms with Crippen molar-refractivity contribution in [2.75, 3.05) is 31.1 Å². The smallest absolute Gasteiger partial charge is 0.253 e. The summed E-state index contributed by atoms with van der Waals surface area (Å²) in [6, 6.07) is 10.3. The fraction of sp³-hybridized carbons (Fsp3) is 0.455. The van der Waals surface area contributed by atoms with E-state index < -0.39 is 0 Å². The van der Waals surface area contributed by atoms with Gasteiger partial charge < -0.3 is 9.80 Å². The summed E-state index contributed by atoms with van der Waals surface area (Å²) in [5, 5.41) is 0. The number of amides is 1. The third kappa shape index (κ3) is 3.71. The second-order valence-corrected chi connectivity index (χ2v) is 9.26. The number of piperazine rings is 1. The first kappa shape index (κ1) is 17.5. The van der Waals surface area contributed by atoms with Gasteiger partial charge in [-0.2, -0.15) is 0 Å². The van der Waals surface area contributed by atoms with Crippen LogP contribution in [0, 0.1) is 3.57 Å². The molecule has 0 unspecified atom stereocenters. The van der Waals surface area contributed by atoms with Crippen LogP contribution in [0.4, 0.5) is 5.82 Å². The van der Waals surface area contributed by atoms with Crippen LogP contribution in [0.5, 0.6) is 0 Å². The number of hydrogen-bond acceptors (Lipinski definition) is 3. The summed E-state index contributed by atoms with van der Waals surface area (Å²) in [6.07, 6.45) is 7.35. The van der Waals surface area contributed by atoms with E-state index in [2.05, 4.69) is 39.8 Å². The molecule has 1 aromatic heterocycles. The summed E-state index contributed by atoms with van der Waals surface area (Å²) >= 11 is 2.27. The molecule has 1 saturated heterocycles. The first-order chi connectivity index (χ1) is 13.2. The Hall–Kier alpha value is -1.63. The molecular formula is C22H24IN3O. The Morgan fingerprint density at radius 2 is 1.63 bits per heavy atom. The van der Waals surface area contributed by atoms with E-state index in [9.17, 15) is 4.79 Å². The molecule has 1 aliphatic heterocycles. The van der Waals surface area contributed by atoms with Gasteiger partial charge in [-0.05, 0) is 95.5 Å². The highest BCUT2D eigenvalue weighted by atomic mass is 127. The lowest BCUT2D eigenvalue weighted by Crippen LogP contribution is -2.49. The lowest BCUT2D eigenvalue weighted by molar-refractivity contribution is 0.0746. The van der Waals surface area contributed by atoms with Crippen LogP contribution in [0.15, 0.2) is 36.5 Å². The first-order valence-corrected chi connectivity index (χ1v) is 11.1. The highest BCUT2D eigenvalue weighted by Gasteiger charge is 2.33. The molecule has 4 nitrogen and oxygen atoms in total. The van der Waals surface area contributed by atoms with Gasteiger partial charge in [0.1, 0.15) is 5.82 Å². The summed E-state index contributed by atoms with van der Waals surface area (Å²) in [7, 11) is 0. The Morgan fingerprint density at radius 1 is 0.963 bits per heavy atom. The second kappa shape index (κ2) is 7.08. The number of nitrogens with zero attached hydrogens (tertiary/aromatic N) is 3. The minimum Gasteiger partial charge on any atom is -0.353 e. The highest BCUT2D eigenvalue weighted by Crippen LogP contribution is 2.47. The summed E-state index contributed by atoms with van der Waals surface area (Å²) in [5.41, 5.74) is 3.68. The summed E-state index contributed by atoms with van der Waals surface area (Å²) in [4.78, 5) is 22.0. The third-order valence-corrected chi connectivity index (χ3v) is 6.66. The van der Waals surface area contributed by atoms with Gasteiger partial charge in [0.15, 0.2) is 0 Å². The van der Waals surface area contributed by atoms with Gasteiger partial charge in [0.05, 0.1) is 0 Å². The van der Waals surface area contributed by atoms with Crippen molar-refractivity contribution in [2.24, 2.45) is 0 Å². The van der Waals surface area contributed by atoms with E-state index in [1.165, 1.54) is 42.6 Å². The van der Waals surface area contributed by atoms with Gasteiger partial charge in [-0.1, -0.05) is 6.07 Å². The van der Waals surface area contributed by atoms with E-state index in [4.69, 9.17) is 4.98 Å². The lowest BCUT2D eigenvalue weighted by atomic mass is 10.1. The van der Waals surface area contributed by atoms with E-state index >= 15 is 0 Å². The summed E-state index contributed by atoms with van der Waals surface area (Å²) in [5.74, 6) is 2.78. The zero-order valence-corrected chi connectivity index (χ0v) is 17.6. The van der Waals surface area contributed by atoms with Gasteiger partial charge in [0, 0.05) is 41.5 Å². The topological polar surface area (TPSA) is 36.4 Å². The average molecular weight is 473 g/mol. The van der Waals surface area contributed by atoms with Crippen molar-refractivity contribution in [1.82, 2.24) is 9.88 Å². The van der Waals surface area contributed by atoms with Crippen molar-refractivity contribution in [3.05, 3.63) is 56.8 Å². The number of hydrogen-bond donors (Lipinski definition) is 0. The molecule has 2 saturated carbocycles. The van der Waals surface area contributed by atoms with Crippen LogP contribution in [-0.4, -0.2) is 42.0 Å². The monoisotopic (exact) mass is 473 g/mol. The summed E-state index contributed by atoms with van der Waals surface area (Å²) in [6.45, 7) is 3.26. The molecule has 0 bridgehead atoms. The maximum Gasteiger partial charge on any atom is 0.253 e. The van der Waals surface area contributed by atoms with Gasteiger partial charge in [-0.15, -0.1) is 0 Å². The lowest BCUT2D eigenvalue weighted by Gasteiger charge is -2.36. The second-order valence-electron chi connectivity index (χ2n) is 8.02. The SMILES string of the molecule is O=C(c1ccc(I)cc1)N1CCN(c2ncc(C3CC3)cc2C2CC2)CC1. The van der Waals surface area contributed by atoms with Crippen LogP contribution in [0.25, 0.3) is 0 Å². The maximum absolute atomic E-state index is 12.8. The molecule has 1 amide bonds. The predicted molar refractivity (Wildman–Crippen MR) is 115 cm³/mol. The molecule has 0 atom stereocenters. The maximum atomic E-state index is 12.8. The normalized spacial score (nSPS) is 20.0. The molecule has 27 heavy (non-hydrogen) atoms. The fourth-order valence-corrected chi connectivity index (χ4v) is 4.35. The van der Waals surface area contributed by atoms with E-state index in [1.807, 2.05) is 29.2 Å². The Kier molecular flexibility index (Phi) is 4.58. The molecule has 1 aromatic carbocycles. The molecule has 5 rings (SSSR count). The van der Waals surface area contributed by atoms with Crippen molar-refractivity contribution >= 4 is 34.3 Å². The molecule has 0 spiro atoms. The highest BCUT2D eigenvalue weighted by molar-refractivity contribution is 14.1. The number of carbonyl (C=O) groups is 1. The predicted octanol–water partition coefficient (Wildman–Crippen LogP) is 4.40. The third-order valence-electron chi connectivity index (χ3n) is 5.94.